The summed E-state index contributed by atoms with van der Waals surface area (Å²) in [5.41, 5.74) is 5.63. The van der Waals surface area contributed by atoms with Crippen LogP contribution in [0.15, 0.2) is 23.1 Å². The van der Waals surface area contributed by atoms with E-state index in [1.807, 2.05) is 0 Å². The number of ether oxygens (including phenoxy) is 1. The molecule has 0 bridgehead atoms. The Hall–Kier alpha value is -1.18. The summed E-state index contributed by atoms with van der Waals surface area (Å²) >= 11 is 0. The Morgan fingerprint density at radius 2 is 2.25 bits per heavy atom. The molecular weight excluding hydrogens is 283 g/mol. The minimum absolute atomic E-state index is 0.153. The van der Waals surface area contributed by atoms with Crippen molar-refractivity contribution < 1.29 is 17.5 Å². The fourth-order valence-corrected chi connectivity index (χ4v) is 3.60. The SMILES string of the molecule is CN(CC1CCCOC1)S(=O)(=O)c1ccc(N)cc1F. The van der Waals surface area contributed by atoms with E-state index in [0.29, 0.717) is 13.2 Å². The van der Waals surface area contributed by atoms with Crippen molar-refractivity contribution in [3.63, 3.8) is 0 Å². The molecule has 7 heteroatoms. The van der Waals surface area contributed by atoms with Crippen LogP contribution in [0.25, 0.3) is 0 Å². The number of nitrogens with two attached hydrogens (primary N) is 1. The second-order valence-corrected chi connectivity index (χ2v) is 7.07. The lowest BCUT2D eigenvalue weighted by atomic mass is 10.0. The second-order valence-electron chi connectivity index (χ2n) is 5.06. The Morgan fingerprint density at radius 1 is 1.50 bits per heavy atom. The highest BCUT2D eigenvalue weighted by molar-refractivity contribution is 7.89. The van der Waals surface area contributed by atoms with Crippen LogP contribution in [0.4, 0.5) is 10.1 Å². The van der Waals surface area contributed by atoms with Gasteiger partial charge in [0.2, 0.25) is 10.0 Å². The molecule has 0 radical (unpaired) electrons. The first kappa shape index (κ1) is 15.2. The largest absolute Gasteiger partial charge is 0.399 e. The number of rotatable bonds is 4. The molecule has 0 saturated carbocycles. The zero-order chi connectivity index (χ0) is 14.8. The van der Waals surface area contributed by atoms with E-state index in [4.69, 9.17) is 10.5 Å². The topological polar surface area (TPSA) is 72.6 Å². The summed E-state index contributed by atoms with van der Waals surface area (Å²) in [6, 6.07) is 3.60. The minimum atomic E-state index is -3.84. The molecule has 1 heterocycles. The molecule has 20 heavy (non-hydrogen) atoms. The van der Waals surface area contributed by atoms with Crippen LogP contribution in [-0.4, -0.2) is 39.5 Å². The first-order valence-electron chi connectivity index (χ1n) is 6.50. The molecule has 1 unspecified atom stereocenters. The number of sulfonamides is 1. The lowest BCUT2D eigenvalue weighted by Crippen LogP contribution is -2.35. The van der Waals surface area contributed by atoms with Crippen molar-refractivity contribution in [3.8, 4) is 0 Å². The Labute approximate surface area is 118 Å². The lowest BCUT2D eigenvalue weighted by Gasteiger charge is -2.26. The molecule has 1 aromatic rings. The number of hydrogen-bond donors (Lipinski definition) is 1. The maximum atomic E-state index is 13.8. The van der Waals surface area contributed by atoms with Gasteiger partial charge in [-0.3, -0.25) is 0 Å². The molecule has 5 nitrogen and oxygen atoms in total. The summed E-state index contributed by atoms with van der Waals surface area (Å²) in [6.45, 7) is 1.59. The molecular formula is C13H19FN2O3S. The zero-order valence-corrected chi connectivity index (χ0v) is 12.2. The number of nitrogen functional groups attached to an aromatic ring is 1. The molecule has 0 aromatic heterocycles. The fourth-order valence-electron chi connectivity index (χ4n) is 2.31. The maximum Gasteiger partial charge on any atom is 0.245 e. The molecule has 0 amide bonds. The highest BCUT2D eigenvalue weighted by Gasteiger charge is 2.27. The van der Waals surface area contributed by atoms with E-state index >= 15 is 0 Å². The van der Waals surface area contributed by atoms with Gasteiger partial charge in [-0.15, -0.1) is 0 Å². The quantitative estimate of drug-likeness (QED) is 0.855. The fraction of sp³-hybridized carbons (Fsp3) is 0.538. The van der Waals surface area contributed by atoms with Gasteiger partial charge in [-0.1, -0.05) is 0 Å². The molecule has 1 saturated heterocycles. The molecule has 2 rings (SSSR count). The standard InChI is InChI=1S/C13H19FN2O3S/c1-16(8-10-3-2-6-19-9-10)20(17,18)13-5-4-11(15)7-12(13)14/h4-5,7,10H,2-3,6,8-9,15H2,1H3. The lowest BCUT2D eigenvalue weighted by molar-refractivity contribution is 0.0495. The highest BCUT2D eigenvalue weighted by Crippen LogP contribution is 2.23. The normalized spacial score (nSPS) is 20.2. The van der Waals surface area contributed by atoms with E-state index in [-0.39, 0.29) is 16.5 Å². The van der Waals surface area contributed by atoms with E-state index in [0.717, 1.165) is 25.5 Å². The Kier molecular flexibility index (Phi) is 4.62. The van der Waals surface area contributed by atoms with Gasteiger partial charge in [0.1, 0.15) is 10.7 Å². The predicted octanol–water partition coefficient (Wildman–Crippen LogP) is 1.45. The van der Waals surface area contributed by atoms with Crippen LogP contribution in [-0.2, 0) is 14.8 Å². The number of hydrogen-bond acceptors (Lipinski definition) is 4. The van der Waals surface area contributed by atoms with E-state index in [9.17, 15) is 12.8 Å². The second kappa shape index (κ2) is 6.07. The number of halogens is 1. The summed E-state index contributed by atoms with van der Waals surface area (Å²) in [4.78, 5) is -0.342. The van der Waals surface area contributed by atoms with Crippen LogP contribution in [0.2, 0.25) is 0 Å². The minimum Gasteiger partial charge on any atom is -0.399 e. The van der Waals surface area contributed by atoms with Crippen LogP contribution in [0, 0.1) is 11.7 Å². The molecule has 1 aliphatic rings. The third-order valence-electron chi connectivity index (χ3n) is 3.41. The highest BCUT2D eigenvalue weighted by atomic mass is 32.2. The van der Waals surface area contributed by atoms with Crippen LogP contribution < -0.4 is 5.73 Å². The van der Waals surface area contributed by atoms with Crippen LogP contribution >= 0.6 is 0 Å². The molecule has 1 aromatic carbocycles. The Balaban J connectivity index is 2.16. The number of anilines is 1. The average molecular weight is 302 g/mol. The van der Waals surface area contributed by atoms with Crippen LogP contribution in [0.3, 0.4) is 0 Å². The van der Waals surface area contributed by atoms with Crippen molar-refractivity contribution in [3.05, 3.63) is 24.0 Å². The zero-order valence-electron chi connectivity index (χ0n) is 11.4. The van der Waals surface area contributed by atoms with Gasteiger partial charge in [-0.05, 0) is 37.0 Å². The van der Waals surface area contributed by atoms with Gasteiger partial charge >= 0.3 is 0 Å². The number of nitrogens with zero attached hydrogens (tertiary/aromatic N) is 1. The molecule has 0 spiro atoms. The average Bonchev–Trinajstić information content (AvgIpc) is 2.39. The van der Waals surface area contributed by atoms with Gasteiger partial charge < -0.3 is 10.5 Å². The third-order valence-corrected chi connectivity index (χ3v) is 5.27. The van der Waals surface area contributed by atoms with Gasteiger partial charge in [0, 0.05) is 25.9 Å². The smallest absolute Gasteiger partial charge is 0.245 e. The van der Waals surface area contributed by atoms with Crippen LogP contribution in [0.1, 0.15) is 12.8 Å². The number of benzene rings is 1. The monoisotopic (exact) mass is 302 g/mol. The van der Waals surface area contributed by atoms with Crippen molar-refractivity contribution in [2.45, 2.75) is 17.7 Å². The Bertz CT molecular complexity index is 571. The van der Waals surface area contributed by atoms with Crippen molar-refractivity contribution in [1.82, 2.24) is 4.31 Å². The first-order chi connectivity index (χ1) is 9.41. The molecule has 2 N–H and O–H groups in total. The van der Waals surface area contributed by atoms with E-state index in [1.165, 1.54) is 23.5 Å². The van der Waals surface area contributed by atoms with E-state index < -0.39 is 15.8 Å². The van der Waals surface area contributed by atoms with Gasteiger partial charge in [0.05, 0.1) is 6.61 Å². The van der Waals surface area contributed by atoms with Crippen molar-refractivity contribution in [2.75, 3.05) is 32.5 Å². The molecule has 1 aliphatic heterocycles. The van der Waals surface area contributed by atoms with Gasteiger partial charge in [0.25, 0.3) is 0 Å². The summed E-state index contributed by atoms with van der Waals surface area (Å²) in [7, 11) is -2.38. The molecule has 1 fully saturated rings. The van der Waals surface area contributed by atoms with Crippen molar-refractivity contribution >= 4 is 15.7 Å². The van der Waals surface area contributed by atoms with Crippen LogP contribution in [0.5, 0.6) is 0 Å². The van der Waals surface area contributed by atoms with E-state index in [2.05, 4.69) is 0 Å². The van der Waals surface area contributed by atoms with Gasteiger partial charge in [0.15, 0.2) is 0 Å². The van der Waals surface area contributed by atoms with Crippen molar-refractivity contribution in [1.29, 1.82) is 0 Å². The molecule has 0 aliphatic carbocycles. The summed E-state index contributed by atoms with van der Waals surface area (Å²) in [5.74, 6) is -0.669. The first-order valence-corrected chi connectivity index (χ1v) is 7.94. The predicted molar refractivity (Wildman–Crippen MR) is 74.2 cm³/mol. The van der Waals surface area contributed by atoms with Gasteiger partial charge in [-0.2, -0.15) is 0 Å². The maximum absolute atomic E-state index is 13.8. The van der Waals surface area contributed by atoms with Gasteiger partial charge in [-0.25, -0.2) is 17.1 Å². The summed E-state index contributed by atoms with van der Waals surface area (Å²) < 4.78 is 45.0. The molecule has 1 atom stereocenters. The Morgan fingerprint density at radius 3 is 2.85 bits per heavy atom. The third kappa shape index (κ3) is 3.28. The summed E-state index contributed by atoms with van der Waals surface area (Å²) in [6.07, 6.45) is 1.85. The van der Waals surface area contributed by atoms with E-state index in [1.54, 1.807) is 0 Å². The summed E-state index contributed by atoms with van der Waals surface area (Å²) in [5, 5.41) is 0. The molecule has 112 valence electrons. The van der Waals surface area contributed by atoms with Crippen molar-refractivity contribution in [2.24, 2.45) is 5.92 Å².